The van der Waals surface area contributed by atoms with Gasteiger partial charge in [0.1, 0.15) is 10.8 Å². The summed E-state index contributed by atoms with van der Waals surface area (Å²) in [7, 11) is 0. The molecule has 5 heteroatoms. The van der Waals surface area contributed by atoms with Crippen LogP contribution >= 0.6 is 11.3 Å². The largest absolute Gasteiger partial charge is 0.383 e. The van der Waals surface area contributed by atoms with Gasteiger partial charge in [-0.1, -0.05) is 0 Å². The van der Waals surface area contributed by atoms with E-state index in [9.17, 15) is 0 Å². The second kappa shape index (κ2) is 2.81. The Hall–Kier alpha value is -1.36. The van der Waals surface area contributed by atoms with Crippen LogP contribution in [0.4, 0.5) is 5.82 Å². The number of nitrogens with zero attached hydrogens (tertiary/aromatic N) is 3. The van der Waals surface area contributed by atoms with Crippen LogP contribution in [0, 0.1) is 0 Å². The fourth-order valence-corrected chi connectivity index (χ4v) is 2.16. The molecule has 2 aromatic heterocycles. The van der Waals surface area contributed by atoms with Gasteiger partial charge in [-0.15, -0.1) is 11.3 Å². The van der Waals surface area contributed by atoms with Crippen molar-refractivity contribution >= 4 is 17.2 Å². The number of rotatable bonds is 2. The average Bonchev–Trinajstić information content (AvgIpc) is 2.76. The first-order chi connectivity index (χ1) is 6.86. The van der Waals surface area contributed by atoms with Crippen molar-refractivity contribution in [1.29, 1.82) is 0 Å². The summed E-state index contributed by atoms with van der Waals surface area (Å²) in [5.41, 5.74) is 6.97. The molecule has 1 fully saturated rings. The van der Waals surface area contributed by atoms with Crippen molar-refractivity contribution < 1.29 is 0 Å². The lowest BCUT2D eigenvalue weighted by Crippen LogP contribution is -2.02. The van der Waals surface area contributed by atoms with Gasteiger partial charge < -0.3 is 5.73 Å². The van der Waals surface area contributed by atoms with E-state index in [2.05, 4.69) is 10.1 Å². The molecule has 2 aromatic rings. The van der Waals surface area contributed by atoms with Crippen LogP contribution < -0.4 is 5.73 Å². The van der Waals surface area contributed by atoms with Crippen LogP contribution in [0.15, 0.2) is 17.8 Å². The molecule has 0 aromatic carbocycles. The fraction of sp³-hybridized carbons (Fsp3) is 0.333. The minimum absolute atomic E-state index is 0.531. The number of aromatic nitrogens is 3. The van der Waals surface area contributed by atoms with Gasteiger partial charge in [0.15, 0.2) is 0 Å². The van der Waals surface area contributed by atoms with Crippen LogP contribution in [0.5, 0.6) is 0 Å². The highest BCUT2D eigenvalue weighted by atomic mass is 32.1. The summed E-state index contributed by atoms with van der Waals surface area (Å²) in [5.74, 6) is 0.752. The Labute approximate surface area is 85.4 Å². The molecule has 0 bridgehead atoms. The van der Waals surface area contributed by atoms with Gasteiger partial charge in [-0.25, -0.2) is 9.67 Å². The van der Waals surface area contributed by atoms with E-state index in [1.165, 1.54) is 12.8 Å². The molecule has 0 atom stereocenters. The quantitative estimate of drug-likeness (QED) is 0.816. The molecule has 1 aliphatic rings. The van der Waals surface area contributed by atoms with E-state index in [4.69, 9.17) is 5.73 Å². The number of hydrogen-bond donors (Lipinski definition) is 1. The lowest BCUT2D eigenvalue weighted by atomic mass is 10.3. The molecular weight excluding hydrogens is 196 g/mol. The lowest BCUT2D eigenvalue weighted by Gasteiger charge is -2.00. The summed E-state index contributed by atoms with van der Waals surface area (Å²) in [6.07, 6.45) is 5.99. The molecule has 0 unspecified atom stereocenters. The molecule has 3 rings (SSSR count). The minimum atomic E-state index is 0.531. The van der Waals surface area contributed by atoms with Crippen molar-refractivity contribution in [2.24, 2.45) is 0 Å². The molecule has 2 N–H and O–H groups in total. The Kier molecular flexibility index (Phi) is 1.61. The van der Waals surface area contributed by atoms with Crippen LogP contribution in [0.2, 0.25) is 0 Å². The Morgan fingerprint density at radius 1 is 1.50 bits per heavy atom. The third kappa shape index (κ3) is 1.13. The van der Waals surface area contributed by atoms with E-state index in [1.54, 1.807) is 17.5 Å². The van der Waals surface area contributed by atoms with E-state index in [0.29, 0.717) is 6.04 Å². The Morgan fingerprint density at radius 3 is 3.00 bits per heavy atom. The third-order valence-corrected chi connectivity index (χ3v) is 3.20. The second-order valence-electron chi connectivity index (χ2n) is 3.46. The lowest BCUT2D eigenvalue weighted by molar-refractivity contribution is 0.651. The zero-order valence-electron chi connectivity index (χ0n) is 7.55. The Bertz CT molecular complexity index is 441. The standard InChI is InChI=1S/C9H10N4S/c10-8-7(9-11-3-4-14-9)5-12-13(8)6-1-2-6/h3-6H,1-2,10H2. The van der Waals surface area contributed by atoms with Crippen LogP contribution in [0.3, 0.4) is 0 Å². The predicted molar refractivity (Wildman–Crippen MR) is 56.0 cm³/mol. The molecule has 0 spiro atoms. The van der Waals surface area contributed by atoms with Crippen LogP contribution in [0.25, 0.3) is 10.6 Å². The van der Waals surface area contributed by atoms with E-state index in [0.717, 1.165) is 16.4 Å². The van der Waals surface area contributed by atoms with E-state index >= 15 is 0 Å². The molecule has 1 saturated carbocycles. The van der Waals surface area contributed by atoms with Gasteiger partial charge in [-0.2, -0.15) is 5.10 Å². The molecule has 72 valence electrons. The zero-order valence-corrected chi connectivity index (χ0v) is 8.37. The molecule has 0 saturated heterocycles. The van der Waals surface area contributed by atoms with Crippen molar-refractivity contribution in [3.05, 3.63) is 17.8 Å². The van der Waals surface area contributed by atoms with Gasteiger partial charge >= 0.3 is 0 Å². The van der Waals surface area contributed by atoms with Crippen molar-refractivity contribution in [2.45, 2.75) is 18.9 Å². The number of thiazole rings is 1. The maximum absolute atomic E-state index is 6.00. The van der Waals surface area contributed by atoms with Gasteiger partial charge in [0.2, 0.25) is 0 Å². The van der Waals surface area contributed by atoms with Gasteiger partial charge in [0, 0.05) is 11.6 Å². The van der Waals surface area contributed by atoms with Gasteiger partial charge in [0.05, 0.1) is 17.8 Å². The number of nitrogen functional groups attached to an aromatic ring is 1. The average molecular weight is 206 g/mol. The van der Waals surface area contributed by atoms with Crippen molar-refractivity contribution in [3.8, 4) is 10.6 Å². The summed E-state index contributed by atoms with van der Waals surface area (Å²) in [4.78, 5) is 4.23. The Morgan fingerprint density at radius 2 is 2.36 bits per heavy atom. The Balaban J connectivity index is 2.06. The molecule has 14 heavy (non-hydrogen) atoms. The summed E-state index contributed by atoms with van der Waals surface area (Å²) in [6.45, 7) is 0. The van der Waals surface area contributed by atoms with E-state index < -0.39 is 0 Å². The first kappa shape index (κ1) is 7.99. The molecule has 0 radical (unpaired) electrons. The fourth-order valence-electron chi connectivity index (χ4n) is 1.50. The first-order valence-corrected chi connectivity index (χ1v) is 5.47. The van der Waals surface area contributed by atoms with E-state index in [1.807, 2.05) is 16.3 Å². The topological polar surface area (TPSA) is 56.7 Å². The summed E-state index contributed by atoms with van der Waals surface area (Å²) < 4.78 is 1.91. The van der Waals surface area contributed by atoms with Crippen molar-refractivity contribution in [2.75, 3.05) is 5.73 Å². The highest BCUT2D eigenvalue weighted by Gasteiger charge is 2.27. The molecular formula is C9H10N4S. The zero-order chi connectivity index (χ0) is 9.54. The minimum Gasteiger partial charge on any atom is -0.383 e. The maximum Gasteiger partial charge on any atom is 0.132 e. The summed E-state index contributed by atoms with van der Waals surface area (Å²) >= 11 is 1.59. The second-order valence-corrected chi connectivity index (χ2v) is 4.35. The first-order valence-electron chi connectivity index (χ1n) is 4.59. The molecule has 0 amide bonds. The maximum atomic E-state index is 6.00. The normalized spacial score (nSPS) is 16.0. The van der Waals surface area contributed by atoms with Gasteiger partial charge in [0.25, 0.3) is 0 Å². The molecule has 4 nitrogen and oxygen atoms in total. The number of hydrogen-bond acceptors (Lipinski definition) is 4. The predicted octanol–water partition coefficient (Wildman–Crippen LogP) is 1.92. The van der Waals surface area contributed by atoms with Gasteiger partial charge in [-0.05, 0) is 12.8 Å². The summed E-state index contributed by atoms with van der Waals surface area (Å²) in [6, 6.07) is 0.531. The van der Waals surface area contributed by atoms with Crippen molar-refractivity contribution in [3.63, 3.8) is 0 Å². The third-order valence-electron chi connectivity index (χ3n) is 2.39. The number of nitrogens with two attached hydrogens (primary N) is 1. The highest BCUT2D eigenvalue weighted by molar-refractivity contribution is 7.13. The monoisotopic (exact) mass is 206 g/mol. The number of anilines is 1. The highest BCUT2D eigenvalue weighted by Crippen LogP contribution is 2.39. The molecule has 2 heterocycles. The van der Waals surface area contributed by atoms with Gasteiger partial charge in [-0.3, -0.25) is 0 Å². The smallest absolute Gasteiger partial charge is 0.132 e. The molecule has 0 aliphatic heterocycles. The SMILES string of the molecule is Nc1c(-c2nccs2)cnn1C1CC1. The van der Waals surface area contributed by atoms with E-state index in [-0.39, 0.29) is 0 Å². The van der Waals surface area contributed by atoms with Crippen LogP contribution in [0.1, 0.15) is 18.9 Å². The van der Waals surface area contributed by atoms with Crippen molar-refractivity contribution in [1.82, 2.24) is 14.8 Å². The molecule has 1 aliphatic carbocycles. The van der Waals surface area contributed by atoms with Crippen LogP contribution in [-0.2, 0) is 0 Å². The van der Waals surface area contributed by atoms with Crippen LogP contribution in [-0.4, -0.2) is 14.8 Å². The summed E-state index contributed by atoms with van der Waals surface area (Å²) in [5, 5.41) is 7.19.